The highest BCUT2D eigenvalue weighted by Gasteiger charge is 2.33. The topological polar surface area (TPSA) is 82.6 Å². The maximum Gasteiger partial charge on any atom is 0.323 e. The molecular formula is C19H19FN4O2. The Morgan fingerprint density at radius 2 is 1.92 bits per heavy atom. The molecule has 1 heterocycles. The molecule has 0 bridgehead atoms. The summed E-state index contributed by atoms with van der Waals surface area (Å²) in [7, 11) is 0. The number of halogens is 1. The second-order valence-electron chi connectivity index (χ2n) is 6.70. The number of benzene rings is 2. The summed E-state index contributed by atoms with van der Waals surface area (Å²) in [6.45, 7) is 3.88. The molecule has 3 amide bonds. The molecule has 0 saturated carbocycles. The minimum atomic E-state index is -0.551. The van der Waals surface area contributed by atoms with Crippen molar-refractivity contribution < 1.29 is 14.0 Å². The highest BCUT2D eigenvalue weighted by Crippen LogP contribution is 2.30. The molecule has 1 aliphatic rings. The predicted octanol–water partition coefficient (Wildman–Crippen LogP) is 3.72. The van der Waals surface area contributed by atoms with Crippen LogP contribution in [0.25, 0.3) is 0 Å². The molecule has 0 aliphatic carbocycles. The largest absolute Gasteiger partial charge is 0.323 e. The van der Waals surface area contributed by atoms with Gasteiger partial charge in [0.1, 0.15) is 5.82 Å². The molecule has 7 heteroatoms. The van der Waals surface area contributed by atoms with E-state index in [0.29, 0.717) is 12.1 Å². The van der Waals surface area contributed by atoms with Crippen LogP contribution in [0.15, 0.2) is 53.6 Å². The van der Waals surface area contributed by atoms with Crippen LogP contribution in [-0.4, -0.2) is 17.6 Å². The molecule has 0 spiro atoms. The number of hydrazone groups is 1. The third kappa shape index (κ3) is 3.88. The third-order valence-corrected chi connectivity index (χ3v) is 4.05. The average Bonchev–Trinajstić information content (AvgIpc) is 2.56. The number of urea groups is 1. The first kappa shape index (κ1) is 17.6. The number of amides is 3. The van der Waals surface area contributed by atoms with E-state index in [9.17, 15) is 14.0 Å². The van der Waals surface area contributed by atoms with Crippen molar-refractivity contribution in [2.24, 2.45) is 10.5 Å². The van der Waals surface area contributed by atoms with Gasteiger partial charge in [-0.25, -0.2) is 14.6 Å². The number of carbonyl (C=O) groups is 2. The van der Waals surface area contributed by atoms with E-state index in [1.54, 1.807) is 30.3 Å². The van der Waals surface area contributed by atoms with E-state index in [2.05, 4.69) is 21.2 Å². The summed E-state index contributed by atoms with van der Waals surface area (Å²) < 4.78 is 13.6. The number of carbonyl (C=O) groups excluding carboxylic acids is 2. The van der Waals surface area contributed by atoms with Crippen LogP contribution in [0.3, 0.4) is 0 Å². The van der Waals surface area contributed by atoms with Gasteiger partial charge in [-0.15, -0.1) is 0 Å². The zero-order chi connectivity index (χ0) is 18.7. The Morgan fingerprint density at radius 3 is 2.65 bits per heavy atom. The summed E-state index contributed by atoms with van der Waals surface area (Å²) in [5, 5.41) is 9.31. The minimum absolute atomic E-state index is 0.0988. The fourth-order valence-electron chi connectivity index (χ4n) is 2.84. The molecule has 0 unspecified atom stereocenters. The second kappa shape index (κ2) is 6.95. The molecule has 3 N–H and O–H groups in total. The molecule has 0 aromatic heterocycles. The minimum Gasteiger partial charge on any atom is -0.308 e. The third-order valence-electron chi connectivity index (χ3n) is 4.05. The summed E-state index contributed by atoms with van der Waals surface area (Å²) in [6.07, 6.45) is 0.331. The van der Waals surface area contributed by atoms with Crippen molar-refractivity contribution in [3.63, 3.8) is 0 Å². The standard InChI is InChI=1S/C19H19FN4O2/c1-19(2)11-16(25)23-24-17(19)12-6-5-7-13(10-12)21-18(26)22-15-9-4-3-8-14(15)20/h3-10H,11H2,1-2H3,(H,23,25)(H2,21,22,26). The van der Waals surface area contributed by atoms with Crippen molar-refractivity contribution in [3.8, 4) is 0 Å². The molecule has 2 aromatic rings. The fourth-order valence-corrected chi connectivity index (χ4v) is 2.84. The monoisotopic (exact) mass is 354 g/mol. The van der Waals surface area contributed by atoms with Gasteiger partial charge in [0.25, 0.3) is 0 Å². The fraction of sp³-hybridized carbons (Fsp3) is 0.211. The van der Waals surface area contributed by atoms with Crippen molar-refractivity contribution in [2.45, 2.75) is 20.3 Å². The van der Waals surface area contributed by atoms with Gasteiger partial charge in [0.05, 0.1) is 11.4 Å². The van der Waals surface area contributed by atoms with Crippen LogP contribution < -0.4 is 16.1 Å². The van der Waals surface area contributed by atoms with Crippen LogP contribution in [0, 0.1) is 11.2 Å². The maximum atomic E-state index is 13.6. The molecule has 134 valence electrons. The zero-order valence-corrected chi connectivity index (χ0v) is 14.5. The van der Waals surface area contributed by atoms with E-state index in [1.807, 2.05) is 19.9 Å². The lowest BCUT2D eigenvalue weighted by Crippen LogP contribution is -2.39. The van der Waals surface area contributed by atoms with E-state index in [4.69, 9.17) is 0 Å². The van der Waals surface area contributed by atoms with E-state index in [1.165, 1.54) is 12.1 Å². The Bertz CT molecular complexity index is 893. The number of hydrogen-bond acceptors (Lipinski definition) is 3. The van der Waals surface area contributed by atoms with Gasteiger partial charge in [-0.05, 0) is 24.3 Å². The summed E-state index contributed by atoms with van der Waals surface area (Å²) in [4.78, 5) is 23.7. The summed E-state index contributed by atoms with van der Waals surface area (Å²) >= 11 is 0. The van der Waals surface area contributed by atoms with Crippen LogP contribution in [0.1, 0.15) is 25.8 Å². The van der Waals surface area contributed by atoms with Crippen molar-refractivity contribution in [1.82, 2.24) is 5.43 Å². The Hall–Kier alpha value is -3.22. The quantitative estimate of drug-likeness (QED) is 0.785. The molecule has 0 fully saturated rings. The van der Waals surface area contributed by atoms with Crippen LogP contribution in [0.5, 0.6) is 0 Å². The molecule has 1 aliphatic heterocycles. The lowest BCUT2D eigenvalue weighted by atomic mass is 9.79. The van der Waals surface area contributed by atoms with Gasteiger partial charge in [-0.2, -0.15) is 5.10 Å². The smallest absolute Gasteiger partial charge is 0.308 e. The van der Waals surface area contributed by atoms with Gasteiger partial charge in [0, 0.05) is 23.1 Å². The number of anilines is 2. The average molecular weight is 354 g/mol. The van der Waals surface area contributed by atoms with Crippen molar-refractivity contribution in [2.75, 3.05) is 10.6 Å². The summed E-state index contributed by atoms with van der Waals surface area (Å²) in [5.74, 6) is -0.636. The van der Waals surface area contributed by atoms with Crippen molar-refractivity contribution >= 4 is 29.0 Å². The van der Waals surface area contributed by atoms with Gasteiger partial charge in [0.15, 0.2) is 0 Å². The van der Waals surface area contributed by atoms with Gasteiger partial charge in [-0.1, -0.05) is 38.1 Å². The molecule has 0 radical (unpaired) electrons. The van der Waals surface area contributed by atoms with E-state index < -0.39 is 17.3 Å². The lowest BCUT2D eigenvalue weighted by Gasteiger charge is -2.29. The molecule has 0 atom stereocenters. The number of rotatable bonds is 3. The van der Waals surface area contributed by atoms with E-state index >= 15 is 0 Å². The molecule has 2 aromatic carbocycles. The van der Waals surface area contributed by atoms with Gasteiger partial charge >= 0.3 is 6.03 Å². The Morgan fingerprint density at radius 1 is 1.15 bits per heavy atom. The number of nitrogens with one attached hydrogen (secondary N) is 3. The number of nitrogens with zero attached hydrogens (tertiary/aromatic N) is 1. The summed E-state index contributed by atoms with van der Waals surface area (Å²) in [5.41, 5.74) is 4.23. The highest BCUT2D eigenvalue weighted by molar-refractivity contribution is 6.09. The Kier molecular flexibility index (Phi) is 4.71. The first-order valence-corrected chi connectivity index (χ1v) is 8.15. The molecular weight excluding hydrogens is 335 g/mol. The molecule has 6 nitrogen and oxygen atoms in total. The summed E-state index contributed by atoms with van der Waals surface area (Å²) in [6, 6.07) is 12.5. The second-order valence-corrected chi connectivity index (χ2v) is 6.70. The van der Waals surface area contributed by atoms with Crippen LogP contribution in [0.2, 0.25) is 0 Å². The molecule has 3 rings (SSSR count). The first-order chi connectivity index (χ1) is 12.3. The first-order valence-electron chi connectivity index (χ1n) is 8.15. The number of para-hydroxylation sites is 1. The normalized spacial score (nSPS) is 15.7. The van der Waals surface area contributed by atoms with Crippen LogP contribution in [-0.2, 0) is 4.79 Å². The maximum absolute atomic E-state index is 13.6. The molecule has 26 heavy (non-hydrogen) atoms. The van der Waals surface area contributed by atoms with Crippen molar-refractivity contribution in [3.05, 3.63) is 59.9 Å². The Balaban J connectivity index is 1.77. The van der Waals surface area contributed by atoms with E-state index in [0.717, 1.165) is 11.3 Å². The van der Waals surface area contributed by atoms with Gasteiger partial charge < -0.3 is 10.6 Å². The molecule has 0 saturated heterocycles. The van der Waals surface area contributed by atoms with Crippen LogP contribution in [0.4, 0.5) is 20.6 Å². The SMILES string of the molecule is CC1(C)CC(=O)NN=C1c1cccc(NC(=O)Nc2ccccc2F)c1. The Labute approximate surface area is 150 Å². The zero-order valence-electron chi connectivity index (χ0n) is 14.5. The van der Waals surface area contributed by atoms with Crippen molar-refractivity contribution in [1.29, 1.82) is 0 Å². The predicted molar refractivity (Wildman–Crippen MR) is 98.6 cm³/mol. The van der Waals surface area contributed by atoms with E-state index in [-0.39, 0.29) is 11.6 Å². The lowest BCUT2D eigenvalue weighted by molar-refractivity contribution is -0.122. The highest BCUT2D eigenvalue weighted by atomic mass is 19.1. The van der Waals surface area contributed by atoms with Gasteiger partial charge in [0.2, 0.25) is 5.91 Å². The van der Waals surface area contributed by atoms with Crippen LogP contribution >= 0.6 is 0 Å². The number of hydrogen-bond donors (Lipinski definition) is 3. The van der Waals surface area contributed by atoms with Gasteiger partial charge in [-0.3, -0.25) is 4.79 Å².